The van der Waals surface area contributed by atoms with E-state index in [4.69, 9.17) is 9.47 Å². The summed E-state index contributed by atoms with van der Waals surface area (Å²) in [5.74, 6) is 0.413. The molecule has 0 spiro atoms. The van der Waals surface area contributed by atoms with Crippen LogP contribution in [0.1, 0.15) is 46.9 Å². The second kappa shape index (κ2) is 11.0. The van der Waals surface area contributed by atoms with Crippen LogP contribution >= 0.6 is 11.3 Å². The molecule has 7 nitrogen and oxygen atoms in total. The molecule has 0 unspecified atom stereocenters. The summed E-state index contributed by atoms with van der Waals surface area (Å²) >= 11 is 1.62. The Morgan fingerprint density at radius 1 is 1.13 bits per heavy atom. The van der Waals surface area contributed by atoms with E-state index in [2.05, 4.69) is 27.2 Å². The van der Waals surface area contributed by atoms with Crippen LogP contribution in [0.5, 0.6) is 5.75 Å². The molecule has 1 N–H and O–H groups in total. The molecule has 0 radical (unpaired) electrons. The number of nitrogens with zero attached hydrogens (tertiary/aromatic N) is 3. The second-order valence-electron chi connectivity index (χ2n) is 7.17. The van der Waals surface area contributed by atoms with E-state index in [1.54, 1.807) is 36.9 Å². The van der Waals surface area contributed by atoms with Gasteiger partial charge >= 0.3 is 0 Å². The standard InChI is InChI=1S/C23H28N4O3S/c1-5-19(14-29-4)30-20-8-16(7-17(9-20)23-27-13-21(6-2)31-23)22(28)26-12-18-11-24-15(3)10-25-18/h7-11,13,19H,5-6,12,14H2,1-4H3,(H,26,28)/t19-/m1/s1. The average molecular weight is 441 g/mol. The van der Waals surface area contributed by atoms with E-state index < -0.39 is 0 Å². The van der Waals surface area contributed by atoms with Crippen molar-refractivity contribution in [3.05, 3.63) is 58.6 Å². The van der Waals surface area contributed by atoms with Gasteiger partial charge in [-0.05, 0) is 38.0 Å². The Bertz CT molecular complexity index is 1000. The summed E-state index contributed by atoms with van der Waals surface area (Å²) < 4.78 is 11.4. The molecule has 0 aliphatic rings. The van der Waals surface area contributed by atoms with Crippen molar-refractivity contribution in [3.63, 3.8) is 0 Å². The topological polar surface area (TPSA) is 86.2 Å². The Kier molecular flexibility index (Phi) is 8.08. The summed E-state index contributed by atoms with van der Waals surface area (Å²) in [6.07, 6.45) is 6.85. The number of ether oxygens (including phenoxy) is 2. The summed E-state index contributed by atoms with van der Waals surface area (Å²) in [6, 6.07) is 5.53. The van der Waals surface area contributed by atoms with Crippen molar-refractivity contribution < 1.29 is 14.3 Å². The van der Waals surface area contributed by atoms with Crippen molar-refractivity contribution in [2.75, 3.05) is 13.7 Å². The number of methoxy groups -OCH3 is 1. The van der Waals surface area contributed by atoms with Crippen LogP contribution in [0, 0.1) is 6.92 Å². The van der Waals surface area contributed by atoms with E-state index in [0.717, 1.165) is 29.1 Å². The number of carbonyl (C=O) groups excluding carboxylic acids is 1. The van der Waals surface area contributed by atoms with E-state index in [0.29, 0.717) is 30.2 Å². The Morgan fingerprint density at radius 3 is 2.61 bits per heavy atom. The van der Waals surface area contributed by atoms with Gasteiger partial charge in [-0.25, -0.2) is 4.98 Å². The highest BCUT2D eigenvalue weighted by molar-refractivity contribution is 7.15. The lowest BCUT2D eigenvalue weighted by Crippen LogP contribution is -2.24. The molecular formula is C23H28N4O3S. The molecule has 3 aromatic rings. The quantitative estimate of drug-likeness (QED) is 0.508. The average Bonchev–Trinajstić information content (AvgIpc) is 3.27. The van der Waals surface area contributed by atoms with Gasteiger partial charge in [0.05, 0.1) is 30.7 Å². The zero-order chi connectivity index (χ0) is 22.2. The number of benzene rings is 1. The van der Waals surface area contributed by atoms with Gasteiger partial charge in [0.2, 0.25) is 0 Å². The maximum atomic E-state index is 12.9. The third kappa shape index (κ3) is 6.32. The number of aromatic nitrogens is 3. The van der Waals surface area contributed by atoms with Gasteiger partial charge < -0.3 is 14.8 Å². The minimum absolute atomic E-state index is 0.0958. The lowest BCUT2D eigenvalue weighted by Gasteiger charge is -2.18. The van der Waals surface area contributed by atoms with Gasteiger partial charge in [0.1, 0.15) is 16.9 Å². The number of rotatable bonds is 10. The number of hydrogen-bond donors (Lipinski definition) is 1. The summed E-state index contributed by atoms with van der Waals surface area (Å²) in [7, 11) is 1.65. The first kappa shape index (κ1) is 22.8. The molecule has 2 heterocycles. The summed E-state index contributed by atoms with van der Waals surface area (Å²) in [6.45, 7) is 6.78. The minimum atomic E-state index is -0.207. The Labute approximate surface area is 186 Å². The van der Waals surface area contributed by atoms with E-state index in [1.165, 1.54) is 4.88 Å². The first-order valence-corrected chi connectivity index (χ1v) is 11.2. The number of carbonyl (C=O) groups is 1. The minimum Gasteiger partial charge on any atom is -0.488 e. The van der Waals surface area contributed by atoms with Crippen molar-refractivity contribution in [1.29, 1.82) is 0 Å². The van der Waals surface area contributed by atoms with Gasteiger partial charge in [-0.3, -0.25) is 14.8 Å². The fraction of sp³-hybridized carbons (Fsp3) is 0.391. The molecule has 1 atom stereocenters. The maximum Gasteiger partial charge on any atom is 0.251 e. The van der Waals surface area contributed by atoms with Crippen molar-refractivity contribution in [3.8, 4) is 16.3 Å². The van der Waals surface area contributed by atoms with E-state index in [1.807, 2.05) is 32.2 Å². The van der Waals surface area contributed by atoms with E-state index in [9.17, 15) is 4.79 Å². The van der Waals surface area contributed by atoms with Crippen LogP contribution in [0.25, 0.3) is 10.6 Å². The number of amides is 1. The van der Waals surface area contributed by atoms with Gasteiger partial charge in [0.15, 0.2) is 0 Å². The smallest absolute Gasteiger partial charge is 0.251 e. The summed E-state index contributed by atoms with van der Waals surface area (Å²) in [5, 5.41) is 3.77. The van der Waals surface area contributed by atoms with Crippen molar-refractivity contribution in [2.45, 2.75) is 46.3 Å². The van der Waals surface area contributed by atoms with Gasteiger partial charge in [-0.15, -0.1) is 11.3 Å². The van der Waals surface area contributed by atoms with Crippen LogP contribution in [0.2, 0.25) is 0 Å². The molecule has 3 rings (SSSR count). The molecule has 0 bridgehead atoms. The lowest BCUT2D eigenvalue weighted by molar-refractivity contribution is 0.0786. The zero-order valence-electron chi connectivity index (χ0n) is 18.3. The van der Waals surface area contributed by atoms with Crippen LogP contribution in [0.3, 0.4) is 0 Å². The molecule has 8 heteroatoms. The van der Waals surface area contributed by atoms with Crippen LogP contribution in [0.4, 0.5) is 0 Å². The number of thiazole rings is 1. The van der Waals surface area contributed by atoms with Crippen molar-refractivity contribution in [2.24, 2.45) is 0 Å². The maximum absolute atomic E-state index is 12.9. The third-order valence-electron chi connectivity index (χ3n) is 4.69. The summed E-state index contributed by atoms with van der Waals surface area (Å²) in [4.78, 5) is 27.1. The fourth-order valence-electron chi connectivity index (χ4n) is 2.92. The Hall–Kier alpha value is -2.84. The molecule has 1 amide bonds. The van der Waals surface area contributed by atoms with Crippen molar-refractivity contribution >= 4 is 17.2 Å². The highest BCUT2D eigenvalue weighted by atomic mass is 32.1. The molecule has 0 aliphatic heterocycles. The highest BCUT2D eigenvalue weighted by Gasteiger charge is 2.15. The molecule has 0 saturated heterocycles. The SMILES string of the molecule is CCc1cnc(-c2cc(O[C@H](CC)COC)cc(C(=O)NCc3cnc(C)cn3)c2)s1. The van der Waals surface area contributed by atoms with E-state index >= 15 is 0 Å². The first-order chi connectivity index (χ1) is 15.0. The fourth-order valence-corrected chi connectivity index (χ4v) is 3.76. The van der Waals surface area contributed by atoms with E-state index in [-0.39, 0.29) is 12.0 Å². The number of nitrogens with one attached hydrogen (secondary N) is 1. The van der Waals surface area contributed by atoms with Crippen LogP contribution in [-0.4, -0.2) is 40.7 Å². The van der Waals surface area contributed by atoms with Crippen LogP contribution < -0.4 is 10.1 Å². The predicted octanol–water partition coefficient (Wildman–Crippen LogP) is 4.20. The van der Waals surface area contributed by atoms with Gasteiger partial charge in [-0.2, -0.15) is 0 Å². The molecule has 0 saturated carbocycles. The molecule has 31 heavy (non-hydrogen) atoms. The monoisotopic (exact) mass is 440 g/mol. The van der Waals surface area contributed by atoms with Gasteiger partial charge in [0.25, 0.3) is 5.91 Å². The Morgan fingerprint density at radius 2 is 1.97 bits per heavy atom. The molecule has 2 aromatic heterocycles. The third-order valence-corrected chi connectivity index (χ3v) is 5.88. The normalized spacial score (nSPS) is 11.9. The van der Waals surface area contributed by atoms with Gasteiger partial charge in [0, 0.05) is 35.5 Å². The second-order valence-corrected chi connectivity index (χ2v) is 8.28. The largest absolute Gasteiger partial charge is 0.488 e. The molecule has 0 fully saturated rings. The predicted molar refractivity (Wildman–Crippen MR) is 121 cm³/mol. The molecule has 164 valence electrons. The molecular weight excluding hydrogens is 412 g/mol. The summed E-state index contributed by atoms with van der Waals surface area (Å²) in [5.41, 5.74) is 2.90. The number of hydrogen-bond acceptors (Lipinski definition) is 7. The van der Waals surface area contributed by atoms with Crippen LogP contribution in [-0.2, 0) is 17.7 Å². The lowest BCUT2D eigenvalue weighted by atomic mass is 10.1. The van der Waals surface area contributed by atoms with Gasteiger partial charge in [-0.1, -0.05) is 13.8 Å². The molecule has 1 aromatic carbocycles. The van der Waals surface area contributed by atoms with Crippen LogP contribution in [0.15, 0.2) is 36.8 Å². The first-order valence-electron chi connectivity index (χ1n) is 10.3. The molecule has 0 aliphatic carbocycles. The zero-order valence-corrected chi connectivity index (χ0v) is 19.2. The highest BCUT2D eigenvalue weighted by Crippen LogP contribution is 2.30. The number of aryl methyl sites for hydroxylation is 2. The Balaban J connectivity index is 1.85. The van der Waals surface area contributed by atoms with Crippen molar-refractivity contribution in [1.82, 2.24) is 20.3 Å².